The van der Waals surface area contributed by atoms with Crippen molar-refractivity contribution in [1.82, 2.24) is 0 Å². The highest BCUT2D eigenvalue weighted by Crippen LogP contribution is 2.39. The molecule has 0 amide bonds. The van der Waals surface area contributed by atoms with Gasteiger partial charge < -0.3 is 23.7 Å². The number of rotatable bonds is 14. The van der Waals surface area contributed by atoms with Crippen molar-refractivity contribution in [2.75, 3.05) is 6.54 Å². The molecule has 1 heterocycles. The van der Waals surface area contributed by atoms with E-state index in [0.717, 1.165) is 16.0 Å². The maximum Gasteiger partial charge on any atom is 0.312 e. The van der Waals surface area contributed by atoms with Gasteiger partial charge in [0.05, 0.1) is 24.5 Å². The van der Waals surface area contributed by atoms with Crippen molar-refractivity contribution in [2.24, 2.45) is 10.5 Å². The summed E-state index contributed by atoms with van der Waals surface area (Å²) >= 11 is 1.36. The van der Waals surface area contributed by atoms with Gasteiger partial charge in [-0.1, -0.05) is 64.9 Å². The first-order valence-corrected chi connectivity index (χ1v) is 14.8. The number of thioether (sulfide) groups is 1. The molecule has 0 bridgehead atoms. The van der Waals surface area contributed by atoms with Crippen molar-refractivity contribution in [2.45, 2.75) is 95.2 Å². The topological polar surface area (TPSA) is 137 Å². The normalized spacial score (nSPS) is 22.1. The molecule has 5 atom stereocenters. The van der Waals surface area contributed by atoms with E-state index in [2.05, 4.69) is 10.0 Å². The Balaban J connectivity index is 1.96. The zero-order valence-electron chi connectivity index (χ0n) is 24.7. The van der Waals surface area contributed by atoms with Crippen molar-refractivity contribution in [1.29, 1.82) is 0 Å². The van der Waals surface area contributed by atoms with Gasteiger partial charge in [0.1, 0.15) is 17.3 Å². The monoisotopic (exact) mass is 597 g/mol. The number of carbonyl (C=O) groups is 3. The van der Waals surface area contributed by atoms with E-state index < -0.39 is 47.2 Å². The van der Waals surface area contributed by atoms with Crippen LogP contribution in [0.15, 0.2) is 64.6 Å². The van der Waals surface area contributed by atoms with Crippen LogP contribution in [0, 0.1) is 12.3 Å². The highest BCUT2D eigenvalue weighted by atomic mass is 32.2. The van der Waals surface area contributed by atoms with E-state index in [1.54, 1.807) is 13.8 Å². The lowest BCUT2D eigenvalue weighted by Crippen LogP contribution is -2.60. The van der Waals surface area contributed by atoms with Gasteiger partial charge in [-0.3, -0.25) is 9.59 Å². The van der Waals surface area contributed by atoms with Crippen molar-refractivity contribution < 1.29 is 33.3 Å². The number of aryl methyl sites for hydroxylation is 1. The molecule has 226 valence electrons. The molecule has 3 rings (SSSR count). The largest absolute Gasteiger partial charge is 0.455 e. The van der Waals surface area contributed by atoms with Crippen molar-refractivity contribution in [3.8, 4) is 0 Å². The number of Topliss-reactive ketones (excluding diaryl/α,β-unsaturated/α-hetero) is 1. The molecule has 1 saturated heterocycles. The van der Waals surface area contributed by atoms with Crippen LogP contribution in [-0.2, 0) is 39.9 Å². The van der Waals surface area contributed by atoms with Crippen LogP contribution in [-0.4, -0.2) is 54.1 Å². The van der Waals surface area contributed by atoms with Crippen LogP contribution < -0.4 is 0 Å². The molecule has 0 aliphatic carbocycles. The highest BCUT2D eigenvalue weighted by Gasteiger charge is 2.51. The second-order valence-electron chi connectivity index (χ2n) is 11.0. The van der Waals surface area contributed by atoms with E-state index in [1.165, 1.54) is 18.7 Å². The smallest absolute Gasteiger partial charge is 0.312 e. The molecule has 2 aromatic carbocycles. The van der Waals surface area contributed by atoms with Crippen LogP contribution in [0.25, 0.3) is 10.4 Å². The number of ketones is 1. The lowest BCUT2D eigenvalue weighted by molar-refractivity contribution is -0.237. The van der Waals surface area contributed by atoms with Crippen LogP contribution in [0.1, 0.15) is 58.1 Å². The number of benzene rings is 2. The Morgan fingerprint density at radius 2 is 1.69 bits per heavy atom. The summed E-state index contributed by atoms with van der Waals surface area (Å²) in [4.78, 5) is 41.7. The minimum Gasteiger partial charge on any atom is -0.455 e. The first-order chi connectivity index (χ1) is 20.0. The molecule has 1 aliphatic rings. The zero-order chi connectivity index (χ0) is 30.7. The number of esters is 2. The Labute approximate surface area is 251 Å². The number of nitrogens with zero attached hydrogens (tertiary/aromatic N) is 3. The SMILES string of the molecule is CC(=O)CCC(=O)O[C@@H]1[C@@H](OCc2ccccc2)[C@H](C)O[C@@H](Sc2ccc(C)cc2)[C@@H]1OC(=O)C(C)(C)CCN=[N+]=[N-]. The predicted molar refractivity (Wildman–Crippen MR) is 158 cm³/mol. The van der Waals surface area contributed by atoms with Gasteiger partial charge in [-0.2, -0.15) is 0 Å². The molecule has 10 nitrogen and oxygen atoms in total. The van der Waals surface area contributed by atoms with E-state index >= 15 is 0 Å². The molecule has 0 unspecified atom stereocenters. The molecule has 0 radical (unpaired) electrons. The second kappa shape index (κ2) is 15.7. The summed E-state index contributed by atoms with van der Waals surface area (Å²) in [5, 5.41) is 3.56. The number of azide groups is 1. The molecule has 1 fully saturated rings. The van der Waals surface area contributed by atoms with Crippen LogP contribution in [0.2, 0.25) is 0 Å². The third kappa shape index (κ3) is 9.87. The third-order valence-corrected chi connectivity index (χ3v) is 8.09. The Morgan fingerprint density at radius 3 is 2.33 bits per heavy atom. The molecular formula is C31H39N3O7S. The van der Waals surface area contributed by atoms with Crippen LogP contribution in [0.5, 0.6) is 0 Å². The van der Waals surface area contributed by atoms with Crippen LogP contribution in [0.3, 0.4) is 0 Å². The standard InChI is InChI=1S/C31H39N3O7S/c1-20-11-14-24(15-12-20)42-29-28(41-30(37)31(4,5)17-18-33-34-32)27(40-25(36)16-13-21(2)35)26(22(3)39-29)38-19-23-9-7-6-8-10-23/h6-12,14-15,22,26-29H,13,16-19H2,1-5H3/t22-,26-,27+,28+,29-/m0/s1. The Hall–Kier alpha value is -3.37. The number of carbonyl (C=O) groups excluding carboxylic acids is 3. The maximum atomic E-state index is 13.5. The van der Waals surface area contributed by atoms with E-state index in [9.17, 15) is 14.4 Å². The van der Waals surface area contributed by atoms with Gasteiger partial charge in [0.15, 0.2) is 12.2 Å². The first kappa shape index (κ1) is 33.1. The van der Waals surface area contributed by atoms with Crippen molar-refractivity contribution in [3.05, 3.63) is 76.2 Å². The predicted octanol–water partition coefficient (Wildman–Crippen LogP) is 6.34. The minimum absolute atomic E-state index is 0.0333. The molecule has 2 aromatic rings. The highest BCUT2D eigenvalue weighted by molar-refractivity contribution is 7.99. The minimum atomic E-state index is -1.04. The fraction of sp³-hybridized carbons (Fsp3) is 0.516. The zero-order valence-corrected chi connectivity index (χ0v) is 25.5. The van der Waals surface area contributed by atoms with E-state index in [0.29, 0.717) is 0 Å². The van der Waals surface area contributed by atoms with Gasteiger partial charge in [-0.15, -0.1) is 0 Å². The number of ether oxygens (including phenoxy) is 4. The van der Waals surface area contributed by atoms with Crippen molar-refractivity contribution >= 4 is 29.5 Å². The summed E-state index contributed by atoms with van der Waals surface area (Å²) in [6.45, 7) is 8.96. The molecular weight excluding hydrogens is 558 g/mol. The van der Waals surface area contributed by atoms with Gasteiger partial charge in [-0.05, 0) is 64.3 Å². The average Bonchev–Trinajstić information content (AvgIpc) is 2.95. The Morgan fingerprint density at radius 1 is 1.00 bits per heavy atom. The van der Waals surface area contributed by atoms with E-state index in [1.807, 2.05) is 68.4 Å². The van der Waals surface area contributed by atoms with Gasteiger partial charge in [0, 0.05) is 22.8 Å². The Kier molecular flexibility index (Phi) is 12.4. The first-order valence-electron chi connectivity index (χ1n) is 14.0. The second-order valence-corrected chi connectivity index (χ2v) is 12.2. The van der Waals surface area contributed by atoms with Gasteiger partial charge in [-0.25, -0.2) is 0 Å². The van der Waals surface area contributed by atoms with Crippen molar-refractivity contribution in [3.63, 3.8) is 0 Å². The lowest BCUT2D eigenvalue weighted by atomic mass is 9.89. The molecule has 0 spiro atoms. The lowest BCUT2D eigenvalue weighted by Gasteiger charge is -2.45. The fourth-order valence-corrected chi connectivity index (χ4v) is 5.46. The summed E-state index contributed by atoms with van der Waals surface area (Å²) in [6, 6.07) is 17.4. The number of hydrogen-bond acceptors (Lipinski definition) is 9. The Bertz CT molecular complexity index is 1250. The summed E-state index contributed by atoms with van der Waals surface area (Å²) in [7, 11) is 0. The van der Waals surface area contributed by atoms with E-state index in [4.69, 9.17) is 24.5 Å². The summed E-state index contributed by atoms with van der Waals surface area (Å²) in [5.74, 6) is -1.29. The van der Waals surface area contributed by atoms with Gasteiger partial charge in [0.25, 0.3) is 0 Å². The van der Waals surface area contributed by atoms with Gasteiger partial charge >= 0.3 is 11.9 Å². The molecule has 0 aromatic heterocycles. The van der Waals surface area contributed by atoms with Crippen LogP contribution >= 0.6 is 11.8 Å². The average molecular weight is 598 g/mol. The quantitative estimate of drug-likeness (QED) is 0.107. The third-order valence-electron chi connectivity index (χ3n) is 6.93. The van der Waals surface area contributed by atoms with Gasteiger partial charge in [0.2, 0.25) is 0 Å². The maximum absolute atomic E-state index is 13.5. The molecule has 0 N–H and O–H groups in total. The fourth-order valence-electron chi connectivity index (χ4n) is 4.32. The van der Waals surface area contributed by atoms with E-state index in [-0.39, 0.29) is 38.2 Å². The molecule has 1 aliphatic heterocycles. The molecule has 11 heteroatoms. The summed E-state index contributed by atoms with van der Waals surface area (Å²) in [5.41, 5.74) is 8.95. The summed E-state index contributed by atoms with van der Waals surface area (Å²) in [6.07, 6.45) is -3.18. The van der Waals surface area contributed by atoms with Crippen LogP contribution in [0.4, 0.5) is 0 Å². The number of hydrogen-bond donors (Lipinski definition) is 0. The summed E-state index contributed by atoms with van der Waals surface area (Å²) < 4.78 is 24.8. The molecule has 42 heavy (non-hydrogen) atoms. The molecule has 0 saturated carbocycles.